The molecule has 1 aromatic rings. The number of carbonyl (C=O) groups is 1. The van der Waals surface area contributed by atoms with Crippen molar-refractivity contribution in [3.05, 3.63) is 29.8 Å². The first kappa shape index (κ1) is 18.2. The summed E-state index contributed by atoms with van der Waals surface area (Å²) in [5.74, 6) is 1.80. The van der Waals surface area contributed by atoms with Crippen molar-refractivity contribution in [1.82, 2.24) is 10.2 Å². The van der Waals surface area contributed by atoms with Gasteiger partial charge in [-0.3, -0.25) is 9.69 Å². The molecule has 25 heavy (non-hydrogen) atoms. The molecule has 0 spiro atoms. The minimum Gasteiger partial charge on any atom is -0.497 e. The van der Waals surface area contributed by atoms with Gasteiger partial charge in [0.05, 0.1) is 13.7 Å². The Balaban J connectivity index is 1.46. The second kappa shape index (κ2) is 9.23. The van der Waals surface area contributed by atoms with Crippen LogP contribution < -0.4 is 10.1 Å². The summed E-state index contributed by atoms with van der Waals surface area (Å²) < 4.78 is 5.32. The number of amides is 1. The van der Waals surface area contributed by atoms with Crippen LogP contribution in [0.2, 0.25) is 0 Å². The molecule has 4 nitrogen and oxygen atoms in total. The third kappa shape index (κ3) is 5.46. The Hall–Kier alpha value is -1.55. The van der Waals surface area contributed by atoms with Gasteiger partial charge in [0, 0.05) is 12.6 Å². The van der Waals surface area contributed by atoms with E-state index in [1.54, 1.807) is 7.11 Å². The maximum atomic E-state index is 12.4. The Morgan fingerprint density at radius 2 is 2.04 bits per heavy atom. The van der Waals surface area contributed by atoms with Crippen molar-refractivity contribution in [2.45, 2.75) is 57.4 Å². The van der Waals surface area contributed by atoms with Gasteiger partial charge >= 0.3 is 0 Å². The lowest BCUT2D eigenvalue weighted by Crippen LogP contribution is -2.42. The highest BCUT2D eigenvalue weighted by Crippen LogP contribution is 2.24. The van der Waals surface area contributed by atoms with Gasteiger partial charge in [-0.25, -0.2) is 0 Å². The topological polar surface area (TPSA) is 41.6 Å². The molecule has 1 aliphatic heterocycles. The van der Waals surface area contributed by atoms with E-state index in [0.29, 0.717) is 18.5 Å². The maximum absolute atomic E-state index is 12.4. The molecule has 0 radical (unpaired) electrons. The van der Waals surface area contributed by atoms with Crippen molar-refractivity contribution in [2.75, 3.05) is 26.7 Å². The average Bonchev–Trinajstić information content (AvgIpc) is 3.07. The van der Waals surface area contributed by atoms with Crippen LogP contribution in [0, 0.1) is 5.92 Å². The summed E-state index contributed by atoms with van der Waals surface area (Å²) in [6, 6.07) is 8.76. The van der Waals surface area contributed by atoms with E-state index in [1.807, 2.05) is 12.1 Å². The fourth-order valence-electron chi connectivity index (χ4n) is 4.30. The molecule has 1 heterocycles. The Morgan fingerprint density at radius 3 is 2.84 bits per heavy atom. The summed E-state index contributed by atoms with van der Waals surface area (Å²) in [5.41, 5.74) is 1.29. The number of likely N-dealkylation sites (tertiary alicyclic amines) is 1. The zero-order valence-electron chi connectivity index (χ0n) is 15.5. The van der Waals surface area contributed by atoms with E-state index < -0.39 is 0 Å². The van der Waals surface area contributed by atoms with Crippen LogP contribution in [0.1, 0.15) is 50.5 Å². The van der Waals surface area contributed by atoms with Crippen molar-refractivity contribution in [3.63, 3.8) is 0 Å². The minimum absolute atomic E-state index is 0.197. The van der Waals surface area contributed by atoms with Gasteiger partial charge in [-0.1, -0.05) is 31.4 Å². The minimum atomic E-state index is 0.197. The van der Waals surface area contributed by atoms with Gasteiger partial charge in [0.2, 0.25) is 5.91 Å². The normalized spacial score (nSPS) is 22.0. The number of hydrogen-bond donors (Lipinski definition) is 1. The summed E-state index contributed by atoms with van der Waals surface area (Å²) in [5, 5.41) is 3.18. The molecule has 3 rings (SSSR count). The van der Waals surface area contributed by atoms with Crippen LogP contribution in [0.4, 0.5) is 0 Å². The fraction of sp³-hybridized carbons (Fsp3) is 0.667. The van der Waals surface area contributed by atoms with Gasteiger partial charge in [-0.15, -0.1) is 0 Å². The number of methoxy groups -OCH3 is 1. The molecule has 1 saturated carbocycles. The third-order valence-electron chi connectivity index (χ3n) is 5.76. The first-order chi connectivity index (χ1) is 12.2. The molecule has 1 N–H and O–H groups in total. The molecule has 2 fully saturated rings. The van der Waals surface area contributed by atoms with E-state index in [-0.39, 0.29) is 5.91 Å². The number of carbonyl (C=O) groups excluding carboxylic acids is 1. The molecule has 1 amide bonds. The predicted octanol–water partition coefficient (Wildman–Crippen LogP) is 3.40. The van der Waals surface area contributed by atoms with Crippen LogP contribution in [0.15, 0.2) is 24.3 Å². The highest BCUT2D eigenvalue weighted by Gasteiger charge is 2.26. The van der Waals surface area contributed by atoms with Crippen molar-refractivity contribution in [1.29, 1.82) is 0 Å². The molecule has 2 aliphatic rings. The number of nitrogens with one attached hydrogen (secondary N) is 1. The average molecular weight is 344 g/mol. The fourth-order valence-corrected chi connectivity index (χ4v) is 4.30. The number of hydrogen-bond acceptors (Lipinski definition) is 3. The largest absolute Gasteiger partial charge is 0.497 e. The van der Waals surface area contributed by atoms with E-state index in [4.69, 9.17) is 4.74 Å². The van der Waals surface area contributed by atoms with E-state index in [1.165, 1.54) is 50.5 Å². The van der Waals surface area contributed by atoms with Gasteiger partial charge in [-0.05, 0) is 62.3 Å². The van der Waals surface area contributed by atoms with Crippen LogP contribution in [0.25, 0.3) is 0 Å². The Labute approximate surface area is 151 Å². The summed E-state index contributed by atoms with van der Waals surface area (Å²) in [7, 11) is 1.71. The third-order valence-corrected chi connectivity index (χ3v) is 5.76. The van der Waals surface area contributed by atoms with Gasteiger partial charge in [0.25, 0.3) is 0 Å². The molecule has 1 atom stereocenters. The van der Waals surface area contributed by atoms with Gasteiger partial charge in [-0.2, -0.15) is 0 Å². The van der Waals surface area contributed by atoms with E-state index in [2.05, 4.69) is 22.3 Å². The van der Waals surface area contributed by atoms with Crippen molar-refractivity contribution in [2.24, 2.45) is 5.92 Å². The van der Waals surface area contributed by atoms with Crippen LogP contribution in [-0.4, -0.2) is 43.6 Å². The highest BCUT2D eigenvalue weighted by atomic mass is 16.5. The Kier molecular flexibility index (Phi) is 6.74. The highest BCUT2D eigenvalue weighted by molar-refractivity contribution is 5.78. The molecule has 0 aromatic heterocycles. The number of ether oxygens (including phenoxy) is 1. The zero-order valence-corrected chi connectivity index (χ0v) is 15.5. The lowest BCUT2D eigenvalue weighted by Gasteiger charge is -2.25. The van der Waals surface area contributed by atoms with Crippen molar-refractivity contribution < 1.29 is 9.53 Å². The molecule has 0 bridgehead atoms. The van der Waals surface area contributed by atoms with Gasteiger partial charge < -0.3 is 10.1 Å². The molecule has 1 unspecified atom stereocenters. The maximum Gasteiger partial charge on any atom is 0.234 e. The number of benzene rings is 1. The second-order valence-corrected chi connectivity index (χ2v) is 7.63. The smallest absolute Gasteiger partial charge is 0.234 e. The summed E-state index contributed by atoms with van der Waals surface area (Å²) >= 11 is 0. The van der Waals surface area contributed by atoms with Gasteiger partial charge in [0.15, 0.2) is 0 Å². The van der Waals surface area contributed by atoms with E-state index >= 15 is 0 Å². The first-order valence-electron chi connectivity index (χ1n) is 9.88. The number of nitrogens with zero attached hydrogens (tertiary/aromatic N) is 1. The Morgan fingerprint density at radius 1 is 1.20 bits per heavy atom. The van der Waals surface area contributed by atoms with Gasteiger partial charge in [0.1, 0.15) is 5.75 Å². The summed E-state index contributed by atoms with van der Waals surface area (Å²) in [6.45, 7) is 2.44. The molecule has 1 saturated heterocycles. The van der Waals surface area contributed by atoms with E-state index in [9.17, 15) is 4.79 Å². The Bertz CT molecular complexity index is 555. The number of rotatable bonds is 7. The molecular formula is C21H32N2O2. The molecule has 138 valence electrons. The van der Waals surface area contributed by atoms with E-state index in [0.717, 1.165) is 25.3 Å². The summed E-state index contributed by atoms with van der Waals surface area (Å²) in [4.78, 5) is 14.7. The lowest BCUT2D eigenvalue weighted by atomic mass is 9.89. The van der Waals surface area contributed by atoms with Crippen LogP contribution in [0.5, 0.6) is 5.75 Å². The molecule has 1 aromatic carbocycles. The summed E-state index contributed by atoms with van der Waals surface area (Å²) in [6.07, 6.45) is 9.93. The molecule has 1 aliphatic carbocycles. The molecule has 4 heteroatoms. The van der Waals surface area contributed by atoms with Crippen LogP contribution in [0.3, 0.4) is 0 Å². The first-order valence-corrected chi connectivity index (χ1v) is 9.88. The monoisotopic (exact) mass is 344 g/mol. The zero-order chi connectivity index (χ0) is 17.5. The van der Waals surface area contributed by atoms with Crippen molar-refractivity contribution >= 4 is 5.91 Å². The lowest BCUT2D eigenvalue weighted by molar-refractivity contribution is -0.122. The van der Waals surface area contributed by atoms with Crippen molar-refractivity contribution in [3.8, 4) is 5.75 Å². The second-order valence-electron chi connectivity index (χ2n) is 7.63. The molecular weight excluding hydrogens is 312 g/mol. The van der Waals surface area contributed by atoms with Crippen LogP contribution in [-0.2, 0) is 11.2 Å². The SMILES string of the molecule is COc1cccc(CC2CCCN2CC(=O)NCC2CCCCC2)c1. The standard InChI is InChI=1S/C21H32N2O2/c1-25-20-11-5-9-18(14-20)13-19-10-6-12-23(19)16-21(24)22-15-17-7-3-2-4-8-17/h5,9,11,14,17,19H,2-4,6-8,10,12-13,15-16H2,1H3,(H,22,24). The quantitative estimate of drug-likeness (QED) is 0.824. The van der Waals surface area contributed by atoms with Crippen LogP contribution >= 0.6 is 0 Å². The predicted molar refractivity (Wildman–Crippen MR) is 101 cm³/mol.